The summed E-state index contributed by atoms with van der Waals surface area (Å²) < 4.78 is 24.5. The number of hydrogen-bond donors (Lipinski definition) is 8. The van der Waals surface area contributed by atoms with E-state index in [2.05, 4.69) is 47.6 Å². The van der Waals surface area contributed by atoms with Crippen LogP contribution < -0.4 is 0 Å². The SMILES string of the molecule is CC1(C)CCC2(C=O)C(O)CC3(C)C(=CCC4C5(C)CCC(OC6OC(CO)C(O)C(O)C6O)C(C)(COC6OC(CO)C(O)C6O)C5CCC43C)C2C1. The van der Waals surface area contributed by atoms with Crippen molar-refractivity contribution in [3.63, 3.8) is 0 Å². The number of aldehydes is 1. The molecule has 6 fully saturated rings. The van der Waals surface area contributed by atoms with E-state index in [1.54, 1.807) is 0 Å². The summed E-state index contributed by atoms with van der Waals surface area (Å²) >= 11 is 0. The van der Waals surface area contributed by atoms with E-state index in [-0.39, 0.29) is 46.0 Å². The van der Waals surface area contributed by atoms with Gasteiger partial charge in [0.15, 0.2) is 12.6 Å². The van der Waals surface area contributed by atoms with Gasteiger partial charge in [0.05, 0.1) is 37.4 Å². The second-order valence-corrected chi connectivity index (χ2v) is 20.0. The lowest BCUT2D eigenvalue weighted by atomic mass is 9.33. The van der Waals surface area contributed by atoms with Crippen molar-refractivity contribution in [2.24, 2.45) is 50.2 Å². The van der Waals surface area contributed by atoms with Crippen LogP contribution in [0.25, 0.3) is 0 Å². The van der Waals surface area contributed by atoms with Crippen LogP contribution in [0.5, 0.6) is 0 Å². The fraction of sp³-hybridized carbons (Fsp3) is 0.927. The molecule has 2 heterocycles. The molecule has 308 valence electrons. The van der Waals surface area contributed by atoms with E-state index in [0.717, 1.165) is 44.8 Å². The van der Waals surface area contributed by atoms with Gasteiger partial charge in [0.1, 0.15) is 49.0 Å². The highest BCUT2D eigenvalue weighted by Crippen LogP contribution is 2.75. The van der Waals surface area contributed by atoms with Gasteiger partial charge in [0.2, 0.25) is 0 Å². The highest BCUT2D eigenvalue weighted by Gasteiger charge is 2.71. The number of carbonyl (C=O) groups excluding carboxylic acids is 1. The van der Waals surface area contributed by atoms with Gasteiger partial charge in [-0.3, -0.25) is 0 Å². The van der Waals surface area contributed by atoms with Crippen LogP contribution in [0.4, 0.5) is 0 Å². The minimum absolute atomic E-state index is 0.0203. The van der Waals surface area contributed by atoms with Crippen LogP contribution in [0.1, 0.15) is 99.3 Å². The largest absolute Gasteiger partial charge is 0.394 e. The second-order valence-electron chi connectivity index (χ2n) is 20.0. The van der Waals surface area contributed by atoms with Crippen molar-refractivity contribution < 1.29 is 64.6 Å². The number of allylic oxidation sites excluding steroid dienone is 2. The average Bonchev–Trinajstić information content (AvgIpc) is 3.40. The number of aliphatic hydroxyl groups is 8. The molecule has 8 N–H and O–H groups in total. The van der Waals surface area contributed by atoms with Crippen molar-refractivity contribution in [2.75, 3.05) is 19.8 Å². The van der Waals surface area contributed by atoms with E-state index in [1.807, 2.05) is 0 Å². The van der Waals surface area contributed by atoms with Gasteiger partial charge in [0, 0.05) is 5.41 Å². The Bertz CT molecular complexity index is 1440. The first-order valence-electron chi connectivity index (χ1n) is 20.3. The molecule has 5 aliphatic carbocycles. The highest BCUT2D eigenvalue weighted by atomic mass is 16.7. The van der Waals surface area contributed by atoms with E-state index in [1.165, 1.54) is 5.57 Å². The zero-order chi connectivity index (χ0) is 39.4. The summed E-state index contributed by atoms with van der Waals surface area (Å²) in [4.78, 5) is 13.0. The van der Waals surface area contributed by atoms with Crippen LogP contribution in [0, 0.1) is 50.2 Å². The van der Waals surface area contributed by atoms with Crippen LogP contribution in [-0.2, 0) is 23.7 Å². The van der Waals surface area contributed by atoms with Gasteiger partial charge in [-0.1, -0.05) is 53.2 Å². The Morgan fingerprint density at radius 2 is 1.39 bits per heavy atom. The Morgan fingerprint density at radius 3 is 2.04 bits per heavy atom. The fourth-order valence-corrected chi connectivity index (χ4v) is 13.4. The Hall–Kier alpha value is -1.07. The quantitative estimate of drug-likeness (QED) is 0.100. The summed E-state index contributed by atoms with van der Waals surface area (Å²) in [6.07, 6.45) is -3.32. The lowest BCUT2D eigenvalue weighted by Crippen LogP contribution is -2.68. The molecule has 13 heteroatoms. The van der Waals surface area contributed by atoms with Gasteiger partial charge < -0.3 is 64.6 Å². The first kappa shape index (κ1) is 41.1. The molecular weight excluding hydrogens is 700 g/mol. The summed E-state index contributed by atoms with van der Waals surface area (Å²) in [6, 6.07) is 0. The first-order valence-corrected chi connectivity index (χ1v) is 20.3. The molecule has 7 rings (SSSR count). The highest BCUT2D eigenvalue weighted by molar-refractivity contribution is 5.64. The van der Waals surface area contributed by atoms with Crippen molar-refractivity contribution in [2.45, 2.75) is 167 Å². The Balaban J connectivity index is 1.23. The third kappa shape index (κ3) is 5.88. The molecule has 0 aromatic heterocycles. The van der Waals surface area contributed by atoms with E-state index in [9.17, 15) is 45.6 Å². The van der Waals surface area contributed by atoms with Crippen molar-refractivity contribution in [1.29, 1.82) is 0 Å². The van der Waals surface area contributed by atoms with Crippen LogP contribution in [0.3, 0.4) is 0 Å². The predicted octanol–water partition coefficient (Wildman–Crippen LogP) is 1.58. The summed E-state index contributed by atoms with van der Waals surface area (Å²) in [5.74, 6) is 0.137. The van der Waals surface area contributed by atoms with Crippen LogP contribution in [0.2, 0.25) is 0 Å². The van der Waals surface area contributed by atoms with Crippen LogP contribution in [0.15, 0.2) is 11.6 Å². The molecule has 2 aliphatic heterocycles. The van der Waals surface area contributed by atoms with Crippen molar-refractivity contribution in [1.82, 2.24) is 0 Å². The van der Waals surface area contributed by atoms with E-state index >= 15 is 0 Å². The molecular formula is C41H66O13. The van der Waals surface area contributed by atoms with E-state index in [0.29, 0.717) is 19.3 Å². The van der Waals surface area contributed by atoms with Crippen LogP contribution in [-0.4, -0.2) is 134 Å². The number of carbonyl (C=O) groups is 1. The number of ether oxygens (including phenoxy) is 4. The van der Waals surface area contributed by atoms with E-state index < -0.39 is 91.6 Å². The Kier molecular flexibility index (Phi) is 10.7. The molecule has 4 saturated carbocycles. The molecule has 0 amide bonds. The normalized spacial score (nSPS) is 55.5. The molecule has 0 aromatic carbocycles. The zero-order valence-electron chi connectivity index (χ0n) is 32.8. The predicted molar refractivity (Wildman–Crippen MR) is 193 cm³/mol. The molecule has 0 aromatic rings. The lowest BCUT2D eigenvalue weighted by molar-refractivity contribution is -0.336. The summed E-state index contributed by atoms with van der Waals surface area (Å²) in [6.45, 7) is 12.6. The van der Waals surface area contributed by atoms with Gasteiger partial charge in [-0.05, 0) is 97.2 Å². The molecule has 0 spiro atoms. The van der Waals surface area contributed by atoms with Crippen molar-refractivity contribution in [3.05, 3.63) is 11.6 Å². The third-order valence-corrected chi connectivity index (χ3v) is 16.9. The maximum Gasteiger partial charge on any atom is 0.186 e. The molecule has 0 radical (unpaired) electrons. The topological polar surface area (TPSA) is 216 Å². The summed E-state index contributed by atoms with van der Waals surface area (Å²) in [5.41, 5.74) is -1.00. The van der Waals surface area contributed by atoms with Gasteiger partial charge in [-0.15, -0.1) is 0 Å². The minimum atomic E-state index is -1.60. The summed E-state index contributed by atoms with van der Waals surface area (Å²) in [7, 11) is 0. The standard InChI is InChI=1S/C41H66O13/c1-36(2)13-14-41(19-44)22(15-36)21-7-8-26-37(3)11-10-28(54-35-33(50)31(48)29(46)23(17-42)53-35)38(4,20-51-34-32(49)30(47)24(18-43)52-34)25(37)9-12-39(26,5)40(21,6)16-27(41)45/h7,19,22-35,42-43,45-50H,8-18,20H2,1-6H3. The molecule has 19 atom stereocenters. The number of fused-ring (bicyclic) bond motifs is 7. The number of hydrogen-bond acceptors (Lipinski definition) is 13. The lowest BCUT2D eigenvalue weighted by Gasteiger charge is -2.72. The van der Waals surface area contributed by atoms with Gasteiger partial charge in [0.25, 0.3) is 0 Å². The molecule has 13 nitrogen and oxygen atoms in total. The molecule has 19 unspecified atom stereocenters. The smallest absolute Gasteiger partial charge is 0.186 e. The number of rotatable bonds is 8. The maximum atomic E-state index is 13.0. The molecule has 2 saturated heterocycles. The number of aliphatic hydroxyl groups excluding tert-OH is 8. The van der Waals surface area contributed by atoms with Gasteiger partial charge in [-0.2, -0.15) is 0 Å². The van der Waals surface area contributed by atoms with E-state index in [4.69, 9.17) is 18.9 Å². The Morgan fingerprint density at radius 1 is 0.759 bits per heavy atom. The minimum Gasteiger partial charge on any atom is -0.394 e. The molecule has 54 heavy (non-hydrogen) atoms. The average molecular weight is 767 g/mol. The van der Waals surface area contributed by atoms with Crippen molar-refractivity contribution in [3.8, 4) is 0 Å². The van der Waals surface area contributed by atoms with Crippen LogP contribution >= 0.6 is 0 Å². The first-order chi connectivity index (χ1) is 25.3. The monoisotopic (exact) mass is 766 g/mol. The Labute approximate surface area is 319 Å². The zero-order valence-corrected chi connectivity index (χ0v) is 32.8. The maximum absolute atomic E-state index is 13.0. The summed E-state index contributed by atoms with van der Waals surface area (Å²) in [5, 5.41) is 85.0. The third-order valence-electron chi connectivity index (χ3n) is 16.9. The molecule has 0 bridgehead atoms. The van der Waals surface area contributed by atoms with Gasteiger partial charge in [-0.25, -0.2) is 0 Å². The fourth-order valence-electron chi connectivity index (χ4n) is 13.4. The van der Waals surface area contributed by atoms with Crippen molar-refractivity contribution >= 4 is 6.29 Å². The molecule has 7 aliphatic rings. The second kappa shape index (κ2) is 14.0. The van der Waals surface area contributed by atoms with Gasteiger partial charge >= 0.3 is 0 Å².